The number of benzene rings is 2. The largest absolute Gasteiger partial charge is 0.396 e. The molecule has 0 saturated heterocycles. The van der Waals surface area contributed by atoms with Gasteiger partial charge < -0.3 is 10.2 Å². The van der Waals surface area contributed by atoms with Crippen LogP contribution in [0.1, 0.15) is 87.8 Å². The monoisotopic (exact) mass is 462 g/mol. The Hall–Kier alpha value is -1.64. The molecule has 2 nitrogen and oxygen atoms in total. The molecule has 1 atom stereocenters. The molecule has 0 spiro atoms. The molecule has 1 unspecified atom stereocenters. The normalized spacial score (nSPS) is 22.6. The minimum Gasteiger partial charge on any atom is -0.396 e. The Labute approximate surface area is 207 Å². The smallest absolute Gasteiger partial charge is 0.0483 e. The van der Waals surface area contributed by atoms with Crippen molar-refractivity contribution >= 4 is 0 Å². The van der Waals surface area contributed by atoms with Crippen LogP contribution < -0.4 is 0 Å². The predicted molar refractivity (Wildman–Crippen MR) is 143 cm³/mol. The molecule has 34 heavy (non-hydrogen) atoms. The van der Waals surface area contributed by atoms with E-state index >= 15 is 0 Å². The van der Waals surface area contributed by atoms with E-state index in [2.05, 4.69) is 49.4 Å². The van der Waals surface area contributed by atoms with E-state index in [0.717, 1.165) is 31.1 Å². The zero-order valence-corrected chi connectivity index (χ0v) is 21.4. The highest BCUT2D eigenvalue weighted by Crippen LogP contribution is 2.36. The highest BCUT2D eigenvalue weighted by Gasteiger charge is 2.26. The molecule has 0 amide bonds. The molecule has 2 aromatic carbocycles. The third kappa shape index (κ3) is 6.73. The van der Waals surface area contributed by atoms with E-state index in [1.807, 2.05) is 0 Å². The van der Waals surface area contributed by atoms with Crippen LogP contribution in [0.2, 0.25) is 0 Å². The molecular weight excluding hydrogens is 416 g/mol. The van der Waals surface area contributed by atoms with Gasteiger partial charge in [-0.25, -0.2) is 0 Å². The molecule has 2 aliphatic carbocycles. The first kappa shape index (κ1) is 25.5. The molecule has 0 bridgehead atoms. The summed E-state index contributed by atoms with van der Waals surface area (Å²) in [6, 6.07) is 16.5. The van der Waals surface area contributed by atoms with Gasteiger partial charge in [-0.15, -0.1) is 0 Å². The van der Waals surface area contributed by atoms with Crippen LogP contribution in [0.15, 0.2) is 42.5 Å². The number of aliphatic hydroxyl groups is 2. The summed E-state index contributed by atoms with van der Waals surface area (Å²) in [4.78, 5) is 0. The van der Waals surface area contributed by atoms with Crippen molar-refractivity contribution in [1.29, 1.82) is 0 Å². The van der Waals surface area contributed by atoms with Gasteiger partial charge in [0.05, 0.1) is 0 Å². The van der Waals surface area contributed by atoms with Crippen LogP contribution in [-0.2, 0) is 19.3 Å². The van der Waals surface area contributed by atoms with Crippen LogP contribution >= 0.6 is 0 Å². The highest BCUT2D eigenvalue weighted by molar-refractivity contribution is 5.65. The SMILES string of the molecule is CCCCCC1CCc2cc(-c3ccc(CCC4CCC(C(CO)CO)CC4)cc3)ccc2C1. The van der Waals surface area contributed by atoms with Crippen molar-refractivity contribution in [1.82, 2.24) is 0 Å². The zero-order chi connectivity index (χ0) is 23.8. The Morgan fingerprint density at radius 1 is 0.765 bits per heavy atom. The van der Waals surface area contributed by atoms with Gasteiger partial charge in [-0.1, -0.05) is 87.9 Å². The summed E-state index contributed by atoms with van der Waals surface area (Å²) in [6.45, 7) is 2.55. The average Bonchev–Trinajstić information content (AvgIpc) is 2.89. The summed E-state index contributed by atoms with van der Waals surface area (Å²) in [7, 11) is 0. The van der Waals surface area contributed by atoms with Crippen molar-refractivity contribution in [3.63, 3.8) is 0 Å². The number of aliphatic hydroxyl groups excluding tert-OH is 2. The molecule has 0 heterocycles. The van der Waals surface area contributed by atoms with Gasteiger partial charge >= 0.3 is 0 Å². The maximum absolute atomic E-state index is 9.45. The van der Waals surface area contributed by atoms with Crippen molar-refractivity contribution in [2.75, 3.05) is 13.2 Å². The third-order valence-corrected chi connectivity index (χ3v) is 8.91. The Bertz CT molecular complexity index is 859. The third-order valence-electron chi connectivity index (χ3n) is 8.91. The van der Waals surface area contributed by atoms with Crippen molar-refractivity contribution < 1.29 is 10.2 Å². The van der Waals surface area contributed by atoms with E-state index in [-0.39, 0.29) is 19.1 Å². The second-order valence-electron chi connectivity index (χ2n) is 11.2. The summed E-state index contributed by atoms with van der Waals surface area (Å²) in [5.41, 5.74) is 7.33. The van der Waals surface area contributed by atoms with Gasteiger partial charge in [0.15, 0.2) is 0 Å². The Kier molecular flexibility index (Phi) is 9.65. The van der Waals surface area contributed by atoms with Gasteiger partial charge in [0.1, 0.15) is 0 Å². The molecular formula is C32H46O2. The van der Waals surface area contributed by atoms with Crippen molar-refractivity contribution in [2.24, 2.45) is 23.7 Å². The first-order valence-electron chi connectivity index (χ1n) is 14.1. The second kappa shape index (κ2) is 12.9. The molecule has 2 N–H and O–H groups in total. The minimum atomic E-state index is 0.0873. The van der Waals surface area contributed by atoms with E-state index in [1.165, 1.54) is 80.9 Å². The number of fused-ring (bicyclic) bond motifs is 1. The van der Waals surface area contributed by atoms with Crippen LogP contribution in [0.5, 0.6) is 0 Å². The molecule has 0 aromatic heterocycles. The molecule has 1 fully saturated rings. The summed E-state index contributed by atoms with van der Waals surface area (Å²) in [6.07, 6.45) is 16.6. The van der Waals surface area contributed by atoms with Gasteiger partial charge in [-0.05, 0) is 90.5 Å². The van der Waals surface area contributed by atoms with E-state index in [4.69, 9.17) is 0 Å². The molecule has 2 aromatic rings. The molecule has 186 valence electrons. The number of rotatable bonds is 11. The lowest BCUT2D eigenvalue weighted by molar-refractivity contribution is 0.0784. The highest BCUT2D eigenvalue weighted by atomic mass is 16.3. The van der Waals surface area contributed by atoms with Crippen molar-refractivity contribution in [2.45, 2.75) is 90.4 Å². The Morgan fingerprint density at radius 3 is 2.21 bits per heavy atom. The van der Waals surface area contributed by atoms with E-state index < -0.39 is 0 Å². The minimum absolute atomic E-state index is 0.0873. The van der Waals surface area contributed by atoms with Gasteiger partial charge in [0.25, 0.3) is 0 Å². The maximum Gasteiger partial charge on any atom is 0.0483 e. The van der Waals surface area contributed by atoms with Crippen LogP contribution in [-0.4, -0.2) is 23.4 Å². The van der Waals surface area contributed by atoms with Crippen LogP contribution in [0, 0.1) is 23.7 Å². The average molecular weight is 463 g/mol. The quantitative estimate of drug-likeness (QED) is 0.342. The lowest BCUT2D eigenvalue weighted by Gasteiger charge is -2.32. The predicted octanol–water partition coefficient (Wildman–Crippen LogP) is 7.38. The Morgan fingerprint density at radius 2 is 1.50 bits per heavy atom. The van der Waals surface area contributed by atoms with E-state index in [0.29, 0.717) is 5.92 Å². The summed E-state index contributed by atoms with van der Waals surface area (Å²) in [5.74, 6) is 2.28. The molecule has 0 aliphatic heterocycles. The van der Waals surface area contributed by atoms with Gasteiger partial charge in [-0.3, -0.25) is 0 Å². The summed E-state index contributed by atoms with van der Waals surface area (Å²) >= 11 is 0. The fraction of sp³-hybridized carbons (Fsp3) is 0.625. The topological polar surface area (TPSA) is 40.5 Å². The van der Waals surface area contributed by atoms with Crippen molar-refractivity contribution in [3.8, 4) is 11.1 Å². The molecule has 2 heteroatoms. The lowest BCUT2D eigenvalue weighted by Crippen LogP contribution is -2.26. The van der Waals surface area contributed by atoms with E-state index in [9.17, 15) is 10.2 Å². The first-order chi connectivity index (χ1) is 16.7. The number of unbranched alkanes of at least 4 members (excludes halogenated alkanes) is 2. The van der Waals surface area contributed by atoms with Crippen molar-refractivity contribution in [3.05, 3.63) is 59.2 Å². The fourth-order valence-corrected chi connectivity index (χ4v) is 6.48. The van der Waals surface area contributed by atoms with Gasteiger partial charge in [-0.2, -0.15) is 0 Å². The first-order valence-corrected chi connectivity index (χ1v) is 14.1. The van der Waals surface area contributed by atoms with E-state index in [1.54, 1.807) is 11.1 Å². The summed E-state index contributed by atoms with van der Waals surface area (Å²) < 4.78 is 0. The zero-order valence-electron chi connectivity index (χ0n) is 21.4. The number of aryl methyl sites for hydroxylation is 2. The fourth-order valence-electron chi connectivity index (χ4n) is 6.48. The molecule has 2 aliphatic rings. The number of hydrogen-bond donors (Lipinski definition) is 2. The molecule has 1 saturated carbocycles. The van der Waals surface area contributed by atoms with Gasteiger partial charge in [0.2, 0.25) is 0 Å². The van der Waals surface area contributed by atoms with Gasteiger partial charge in [0, 0.05) is 19.1 Å². The van der Waals surface area contributed by atoms with Crippen LogP contribution in [0.25, 0.3) is 11.1 Å². The molecule has 4 rings (SSSR count). The second-order valence-corrected chi connectivity index (χ2v) is 11.2. The Balaban J connectivity index is 1.26. The lowest BCUT2D eigenvalue weighted by atomic mass is 9.75. The standard InChI is InChI=1S/C32H46O2/c1-2-3-4-5-26-12-17-31-21-30(19-18-29(31)20-26)27-13-8-24(9-14-27)6-7-25-10-15-28(16-11-25)32(22-33)23-34/h8-9,13-14,18-19,21,25-26,28,32-34H,2-7,10-12,15-17,20,22-23H2,1H3. The number of hydrogen-bond acceptors (Lipinski definition) is 2. The van der Waals surface area contributed by atoms with Crippen LogP contribution in [0.4, 0.5) is 0 Å². The maximum atomic E-state index is 9.45. The van der Waals surface area contributed by atoms with Crippen LogP contribution in [0.3, 0.4) is 0 Å². The molecule has 0 radical (unpaired) electrons. The summed E-state index contributed by atoms with van der Waals surface area (Å²) in [5, 5.41) is 18.9.